The lowest BCUT2D eigenvalue weighted by atomic mass is 10.2. The van der Waals surface area contributed by atoms with Gasteiger partial charge in [0.15, 0.2) is 0 Å². The van der Waals surface area contributed by atoms with E-state index in [0.717, 1.165) is 34.8 Å². The maximum Gasteiger partial charge on any atom is 0.138 e. The summed E-state index contributed by atoms with van der Waals surface area (Å²) in [6.07, 6.45) is 4.86. The van der Waals surface area contributed by atoms with Gasteiger partial charge in [-0.25, -0.2) is 9.97 Å². The highest BCUT2D eigenvalue weighted by Gasteiger charge is 2.11. The van der Waals surface area contributed by atoms with Crippen LogP contribution in [0.5, 0.6) is 0 Å². The van der Waals surface area contributed by atoms with Crippen molar-refractivity contribution in [2.24, 2.45) is 7.05 Å². The number of benzene rings is 1. The van der Waals surface area contributed by atoms with Gasteiger partial charge in [0.25, 0.3) is 0 Å². The van der Waals surface area contributed by atoms with Gasteiger partial charge in [-0.2, -0.15) is 5.10 Å². The van der Waals surface area contributed by atoms with Gasteiger partial charge < -0.3 is 5.32 Å². The van der Waals surface area contributed by atoms with Crippen molar-refractivity contribution in [1.82, 2.24) is 19.7 Å². The molecule has 0 saturated heterocycles. The fourth-order valence-corrected chi connectivity index (χ4v) is 3.92. The molecule has 6 heteroatoms. The van der Waals surface area contributed by atoms with Gasteiger partial charge in [0.1, 0.15) is 16.5 Å². The maximum atomic E-state index is 4.61. The van der Waals surface area contributed by atoms with Gasteiger partial charge in [-0.15, -0.1) is 11.3 Å². The Kier molecular flexibility index (Phi) is 4.19. The molecule has 0 atom stereocenters. The smallest absolute Gasteiger partial charge is 0.138 e. The van der Waals surface area contributed by atoms with E-state index in [9.17, 15) is 0 Å². The Morgan fingerprint density at radius 1 is 1.16 bits per heavy atom. The predicted molar refractivity (Wildman–Crippen MR) is 103 cm³/mol. The van der Waals surface area contributed by atoms with E-state index in [-0.39, 0.29) is 0 Å². The van der Waals surface area contributed by atoms with E-state index in [4.69, 9.17) is 0 Å². The van der Waals surface area contributed by atoms with E-state index in [0.29, 0.717) is 0 Å². The summed E-state index contributed by atoms with van der Waals surface area (Å²) in [5.74, 6) is 1.70. The van der Waals surface area contributed by atoms with Crippen molar-refractivity contribution in [2.75, 3.05) is 11.9 Å². The van der Waals surface area contributed by atoms with Crippen molar-refractivity contribution in [3.8, 4) is 10.4 Å². The minimum absolute atomic E-state index is 0.790. The summed E-state index contributed by atoms with van der Waals surface area (Å²) >= 11 is 1.71. The zero-order valence-electron chi connectivity index (χ0n) is 14.2. The first-order valence-corrected chi connectivity index (χ1v) is 9.06. The zero-order chi connectivity index (χ0) is 17.2. The molecule has 0 amide bonds. The molecule has 3 aromatic heterocycles. The molecule has 0 fully saturated rings. The van der Waals surface area contributed by atoms with Crippen molar-refractivity contribution in [1.29, 1.82) is 0 Å². The van der Waals surface area contributed by atoms with Crippen molar-refractivity contribution >= 4 is 27.4 Å². The summed E-state index contributed by atoms with van der Waals surface area (Å²) in [6.45, 7) is 2.75. The molecule has 0 aliphatic heterocycles. The first kappa shape index (κ1) is 15.8. The van der Waals surface area contributed by atoms with Gasteiger partial charge in [0.05, 0.1) is 11.6 Å². The summed E-state index contributed by atoms with van der Waals surface area (Å²) < 4.78 is 1.83. The molecule has 0 aliphatic rings. The summed E-state index contributed by atoms with van der Waals surface area (Å²) in [4.78, 5) is 11.5. The Hall–Kier alpha value is -2.73. The average molecular weight is 349 g/mol. The second kappa shape index (κ2) is 6.64. The molecule has 25 heavy (non-hydrogen) atoms. The van der Waals surface area contributed by atoms with Crippen LogP contribution in [0.3, 0.4) is 0 Å². The molecule has 0 spiro atoms. The second-order valence-electron chi connectivity index (χ2n) is 6.01. The van der Waals surface area contributed by atoms with Gasteiger partial charge in [-0.05, 0) is 30.5 Å². The van der Waals surface area contributed by atoms with Crippen LogP contribution in [0.2, 0.25) is 0 Å². The van der Waals surface area contributed by atoms with Crippen LogP contribution in [0, 0.1) is 6.92 Å². The number of hydrogen-bond acceptors (Lipinski definition) is 5. The number of hydrogen-bond donors (Lipinski definition) is 1. The molecule has 126 valence electrons. The van der Waals surface area contributed by atoms with Crippen molar-refractivity contribution < 1.29 is 0 Å². The molecule has 0 radical (unpaired) electrons. The molecule has 4 rings (SSSR count). The quantitative estimate of drug-likeness (QED) is 0.590. The molecule has 0 saturated carbocycles. The fraction of sp³-hybridized carbons (Fsp3) is 0.211. The molecule has 3 heterocycles. The van der Waals surface area contributed by atoms with Crippen molar-refractivity contribution in [3.05, 3.63) is 60.2 Å². The van der Waals surface area contributed by atoms with E-state index < -0.39 is 0 Å². The van der Waals surface area contributed by atoms with Gasteiger partial charge in [0.2, 0.25) is 0 Å². The summed E-state index contributed by atoms with van der Waals surface area (Å²) in [5.41, 5.74) is 2.43. The number of nitrogens with one attached hydrogen (secondary N) is 1. The number of thiophene rings is 1. The number of rotatable bonds is 5. The highest BCUT2D eigenvalue weighted by atomic mass is 32.1. The lowest BCUT2D eigenvalue weighted by Gasteiger charge is -2.06. The van der Waals surface area contributed by atoms with Crippen LogP contribution >= 0.6 is 11.3 Å². The second-order valence-corrected chi connectivity index (χ2v) is 7.04. The number of anilines is 1. The van der Waals surface area contributed by atoms with Crippen LogP contribution in [0.15, 0.2) is 48.8 Å². The molecule has 1 aromatic carbocycles. The third kappa shape index (κ3) is 3.39. The summed E-state index contributed by atoms with van der Waals surface area (Å²) in [7, 11) is 1.94. The molecule has 5 nitrogen and oxygen atoms in total. The molecular formula is C19H19N5S. The predicted octanol–water partition coefficient (Wildman–Crippen LogP) is 4.05. The monoisotopic (exact) mass is 349 g/mol. The first-order chi connectivity index (χ1) is 12.2. The Bertz CT molecular complexity index is 1000. The van der Waals surface area contributed by atoms with E-state index in [1.807, 2.05) is 37.1 Å². The van der Waals surface area contributed by atoms with E-state index >= 15 is 0 Å². The third-order valence-corrected chi connectivity index (χ3v) is 5.11. The first-order valence-electron chi connectivity index (χ1n) is 8.24. The fourth-order valence-electron chi connectivity index (χ4n) is 2.83. The van der Waals surface area contributed by atoms with Crippen LogP contribution in [-0.2, 0) is 13.5 Å². The molecule has 1 N–H and O–H groups in total. The van der Waals surface area contributed by atoms with E-state index in [2.05, 4.69) is 50.7 Å². The minimum Gasteiger partial charge on any atom is -0.369 e. The normalized spacial score (nSPS) is 11.1. The summed E-state index contributed by atoms with van der Waals surface area (Å²) in [5, 5.41) is 8.76. The topological polar surface area (TPSA) is 55.6 Å². The molecular weight excluding hydrogens is 330 g/mol. The molecule has 4 aromatic rings. The number of aryl methyl sites for hydroxylation is 2. The van der Waals surface area contributed by atoms with E-state index in [1.54, 1.807) is 11.3 Å². The third-order valence-electron chi connectivity index (χ3n) is 4.03. The minimum atomic E-state index is 0.790. The van der Waals surface area contributed by atoms with Gasteiger partial charge in [-0.3, -0.25) is 4.68 Å². The lowest BCUT2D eigenvalue weighted by Crippen LogP contribution is -2.07. The van der Waals surface area contributed by atoms with Gasteiger partial charge in [0, 0.05) is 24.7 Å². The number of fused-ring (bicyclic) bond motifs is 1. The molecule has 0 bridgehead atoms. The van der Waals surface area contributed by atoms with Crippen LogP contribution in [-0.4, -0.2) is 26.3 Å². The van der Waals surface area contributed by atoms with Crippen LogP contribution in [0.4, 0.5) is 5.82 Å². The zero-order valence-corrected chi connectivity index (χ0v) is 15.0. The Morgan fingerprint density at radius 2 is 2.00 bits per heavy atom. The number of nitrogens with zero attached hydrogens (tertiary/aromatic N) is 4. The summed E-state index contributed by atoms with van der Waals surface area (Å²) in [6, 6.07) is 12.6. The number of aromatic nitrogens is 4. The van der Waals surface area contributed by atoms with E-state index in [1.165, 1.54) is 16.0 Å². The standard InChI is InChI=1S/C19H19N5S/c1-13-22-18(20-9-8-14-11-21-24(2)12-14)16-10-17(25-19(16)23-13)15-6-4-3-5-7-15/h3-7,10-12H,8-9H2,1-2H3,(H,20,22,23). The average Bonchev–Trinajstić information content (AvgIpc) is 3.22. The molecule has 0 aliphatic carbocycles. The van der Waals surface area contributed by atoms with Crippen LogP contribution < -0.4 is 5.32 Å². The maximum absolute atomic E-state index is 4.61. The largest absolute Gasteiger partial charge is 0.369 e. The van der Waals surface area contributed by atoms with Crippen molar-refractivity contribution in [2.45, 2.75) is 13.3 Å². The SMILES string of the molecule is Cc1nc(NCCc2cnn(C)c2)c2cc(-c3ccccc3)sc2n1. The Balaban J connectivity index is 1.60. The lowest BCUT2D eigenvalue weighted by molar-refractivity contribution is 0.767. The highest BCUT2D eigenvalue weighted by molar-refractivity contribution is 7.21. The van der Waals surface area contributed by atoms with Crippen LogP contribution in [0.1, 0.15) is 11.4 Å². The highest BCUT2D eigenvalue weighted by Crippen LogP contribution is 2.35. The van der Waals surface area contributed by atoms with Gasteiger partial charge >= 0.3 is 0 Å². The Labute approximate surface area is 150 Å². The molecule has 0 unspecified atom stereocenters. The van der Waals surface area contributed by atoms with Crippen LogP contribution in [0.25, 0.3) is 20.7 Å². The van der Waals surface area contributed by atoms with Crippen molar-refractivity contribution in [3.63, 3.8) is 0 Å². The Morgan fingerprint density at radius 3 is 2.76 bits per heavy atom. The van der Waals surface area contributed by atoms with Gasteiger partial charge in [-0.1, -0.05) is 30.3 Å².